The van der Waals surface area contributed by atoms with Gasteiger partial charge in [-0.1, -0.05) is 0 Å². The minimum Gasteiger partial charge on any atom is -0.325 e. The Morgan fingerprint density at radius 3 is 3.18 bits per heavy atom. The summed E-state index contributed by atoms with van der Waals surface area (Å²) in [4.78, 5) is 4.24. The summed E-state index contributed by atoms with van der Waals surface area (Å²) < 4.78 is 0. The van der Waals surface area contributed by atoms with Crippen LogP contribution < -0.4 is 5.73 Å². The van der Waals surface area contributed by atoms with Crippen LogP contribution >= 0.6 is 0 Å². The molecular weight excluding hydrogens is 136 g/mol. The van der Waals surface area contributed by atoms with Crippen molar-refractivity contribution < 1.29 is 0 Å². The highest BCUT2D eigenvalue weighted by Crippen LogP contribution is 2.22. The molecule has 2 rings (SSSR count). The number of nitrogens with two attached hydrogens (primary N) is 1. The molecule has 58 valence electrons. The molecule has 0 saturated carbocycles. The monoisotopic (exact) mass is 148 g/mol. The summed E-state index contributed by atoms with van der Waals surface area (Å²) in [5.74, 6) is 0. The van der Waals surface area contributed by atoms with E-state index in [0.29, 0.717) is 6.54 Å². The Balaban J connectivity index is 2.50. The molecule has 0 fully saturated rings. The fourth-order valence-electron chi connectivity index (χ4n) is 1.75. The molecule has 0 spiro atoms. The summed E-state index contributed by atoms with van der Waals surface area (Å²) in [6.45, 7) is 0.586. The molecule has 0 amide bonds. The van der Waals surface area contributed by atoms with Gasteiger partial charge in [-0.25, -0.2) is 0 Å². The third kappa shape index (κ3) is 1.03. The lowest BCUT2D eigenvalue weighted by Gasteiger charge is -2.02. The summed E-state index contributed by atoms with van der Waals surface area (Å²) >= 11 is 0. The molecule has 0 radical (unpaired) electrons. The Kier molecular flexibility index (Phi) is 1.62. The van der Waals surface area contributed by atoms with E-state index in [2.05, 4.69) is 11.1 Å². The maximum Gasteiger partial charge on any atom is 0.0574 e. The number of aryl methyl sites for hydroxylation is 1. The number of fused-ring (bicyclic) bond motifs is 1. The number of pyridine rings is 1. The second-order valence-corrected chi connectivity index (χ2v) is 2.95. The SMILES string of the molecule is NCc1nccc2c1CCC2. The summed E-state index contributed by atoms with van der Waals surface area (Å²) in [5.41, 5.74) is 9.53. The topological polar surface area (TPSA) is 38.9 Å². The highest BCUT2D eigenvalue weighted by atomic mass is 14.7. The predicted octanol–water partition coefficient (Wildman–Crippen LogP) is 1.03. The van der Waals surface area contributed by atoms with E-state index in [1.54, 1.807) is 0 Å². The molecule has 2 N–H and O–H groups in total. The van der Waals surface area contributed by atoms with Gasteiger partial charge < -0.3 is 5.73 Å². The van der Waals surface area contributed by atoms with Crippen molar-refractivity contribution in [2.24, 2.45) is 5.73 Å². The van der Waals surface area contributed by atoms with E-state index in [9.17, 15) is 0 Å². The molecule has 0 aromatic carbocycles. The van der Waals surface area contributed by atoms with Crippen LogP contribution in [0.3, 0.4) is 0 Å². The van der Waals surface area contributed by atoms with E-state index in [0.717, 1.165) is 5.69 Å². The zero-order valence-corrected chi connectivity index (χ0v) is 6.51. The van der Waals surface area contributed by atoms with Crippen LogP contribution in [0.25, 0.3) is 0 Å². The number of rotatable bonds is 1. The van der Waals surface area contributed by atoms with Gasteiger partial charge in [0, 0.05) is 12.7 Å². The lowest BCUT2D eigenvalue weighted by atomic mass is 10.1. The largest absolute Gasteiger partial charge is 0.325 e. The van der Waals surface area contributed by atoms with Crippen molar-refractivity contribution in [3.8, 4) is 0 Å². The van der Waals surface area contributed by atoms with Gasteiger partial charge in [0.15, 0.2) is 0 Å². The zero-order chi connectivity index (χ0) is 7.68. The molecule has 1 heterocycles. The fraction of sp³-hybridized carbons (Fsp3) is 0.444. The molecule has 1 aromatic heterocycles. The fourth-order valence-corrected chi connectivity index (χ4v) is 1.75. The van der Waals surface area contributed by atoms with Crippen molar-refractivity contribution in [2.45, 2.75) is 25.8 Å². The first-order valence-corrected chi connectivity index (χ1v) is 4.07. The molecule has 2 heteroatoms. The average Bonchev–Trinajstić information content (AvgIpc) is 2.50. The third-order valence-corrected chi connectivity index (χ3v) is 2.31. The van der Waals surface area contributed by atoms with Gasteiger partial charge in [0.25, 0.3) is 0 Å². The molecule has 0 aliphatic heterocycles. The zero-order valence-electron chi connectivity index (χ0n) is 6.51. The maximum atomic E-state index is 5.56. The normalized spacial score (nSPS) is 15.0. The second kappa shape index (κ2) is 2.62. The lowest BCUT2D eigenvalue weighted by molar-refractivity contribution is 0.892. The Bertz CT molecular complexity index is 268. The summed E-state index contributed by atoms with van der Waals surface area (Å²) in [7, 11) is 0. The average molecular weight is 148 g/mol. The first-order chi connectivity index (χ1) is 5.42. The van der Waals surface area contributed by atoms with Crippen molar-refractivity contribution >= 4 is 0 Å². The van der Waals surface area contributed by atoms with Crippen LogP contribution in [0.2, 0.25) is 0 Å². The van der Waals surface area contributed by atoms with Gasteiger partial charge in [-0.3, -0.25) is 4.98 Å². The number of aromatic nitrogens is 1. The Hall–Kier alpha value is -0.890. The standard InChI is InChI=1S/C9H12N2/c10-6-9-8-3-1-2-7(8)4-5-11-9/h4-5H,1-3,6,10H2. The van der Waals surface area contributed by atoms with Gasteiger partial charge in [0.1, 0.15) is 0 Å². The second-order valence-electron chi connectivity index (χ2n) is 2.95. The van der Waals surface area contributed by atoms with Crippen molar-refractivity contribution in [3.05, 3.63) is 29.1 Å². The van der Waals surface area contributed by atoms with Crippen molar-refractivity contribution in [3.63, 3.8) is 0 Å². The van der Waals surface area contributed by atoms with Crippen LogP contribution in [0, 0.1) is 0 Å². The van der Waals surface area contributed by atoms with E-state index in [1.807, 2.05) is 6.20 Å². The first-order valence-electron chi connectivity index (χ1n) is 4.07. The number of hydrogen-bond acceptors (Lipinski definition) is 2. The van der Waals surface area contributed by atoms with Crippen molar-refractivity contribution in [2.75, 3.05) is 0 Å². The molecule has 0 atom stereocenters. The van der Waals surface area contributed by atoms with E-state index < -0.39 is 0 Å². The van der Waals surface area contributed by atoms with Gasteiger partial charge in [-0.15, -0.1) is 0 Å². The lowest BCUT2D eigenvalue weighted by Crippen LogP contribution is -2.03. The molecule has 1 aliphatic carbocycles. The van der Waals surface area contributed by atoms with E-state index in [4.69, 9.17) is 5.73 Å². The Labute approximate surface area is 66.4 Å². The highest BCUT2D eigenvalue weighted by Gasteiger charge is 2.13. The van der Waals surface area contributed by atoms with Crippen LogP contribution in [-0.2, 0) is 19.4 Å². The summed E-state index contributed by atoms with van der Waals surface area (Å²) in [5, 5.41) is 0. The van der Waals surface area contributed by atoms with Crippen molar-refractivity contribution in [1.82, 2.24) is 4.98 Å². The molecule has 0 saturated heterocycles. The van der Waals surface area contributed by atoms with Crippen molar-refractivity contribution in [1.29, 1.82) is 0 Å². The van der Waals surface area contributed by atoms with Crippen LogP contribution in [-0.4, -0.2) is 4.98 Å². The minimum atomic E-state index is 0.586. The maximum absolute atomic E-state index is 5.56. The molecule has 1 aromatic rings. The highest BCUT2D eigenvalue weighted by molar-refractivity contribution is 5.33. The van der Waals surface area contributed by atoms with E-state index >= 15 is 0 Å². The first kappa shape index (κ1) is 6.80. The summed E-state index contributed by atoms with van der Waals surface area (Å²) in [6.07, 6.45) is 5.53. The van der Waals surface area contributed by atoms with Gasteiger partial charge in [-0.2, -0.15) is 0 Å². The van der Waals surface area contributed by atoms with Gasteiger partial charge >= 0.3 is 0 Å². The van der Waals surface area contributed by atoms with Gasteiger partial charge in [-0.05, 0) is 36.5 Å². The molecule has 0 bridgehead atoms. The van der Waals surface area contributed by atoms with Gasteiger partial charge in [0.2, 0.25) is 0 Å². The Morgan fingerprint density at radius 1 is 1.45 bits per heavy atom. The number of hydrogen-bond donors (Lipinski definition) is 1. The Morgan fingerprint density at radius 2 is 2.36 bits per heavy atom. The van der Waals surface area contributed by atoms with E-state index in [-0.39, 0.29) is 0 Å². The van der Waals surface area contributed by atoms with Crippen LogP contribution in [0.5, 0.6) is 0 Å². The molecule has 11 heavy (non-hydrogen) atoms. The third-order valence-electron chi connectivity index (χ3n) is 2.31. The predicted molar refractivity (Wildman–Crippen MR) is 44.2 cm³/mol. The van der Waals surface area contributed by atoms with E-state index in [1.165, 1.54) is 30.4 Å². The molecule has 2 nitrogen and oxygen atoms in total. The van der Waals surface area contributed by atoms with Gasteiger partial charge in [0.05, 0.1) is 5.69 Å². The minimum absolute atomic E-state index is 0.586. The van der Waals surface area contributed by atoms with Crippen LogP contribution in [0.4, 0.5) is 0 Å². The smallest absolute Gasteiger partial charge is 0.0574 e. The quantitative estimate of drug-likeness (QED) is 0.646. The molecule has 0 unspecified atom stereocenters. The van der Waals surface area contributed by atoms with Crippen LogP contribution in [0.15, 0.2) is 12.3 Å². The number of nitrogens with zero attached hydrogens (tertiary/aromatic N) is 1. The molecule has 1 aliphatic rings. The van der Waals surface area contributed by atoms with Crippen LogP contribution in [0.1, 0.15) is 23.2 Å². The molecular formula is C9H12N2. The summed E-state index contributed by atoms with van der Waals surface area (Å²) in [6, 6.07) is 2.11.